The van der Waals surface area contributed by atoms with E-state index in [1.807, 2.05) is 12.1 Å². The Labute approximate surface area is 395 Å². The molecule has 0 N–H and O–H groups in total. The summed E-state index contributed by atoms with van der Waals surface area (Å²) in [6, 6.07) is 94.1. The summed E-state index contributed by atoms with van der Waals surface area (Å²) in [7, 11) is 0. The van der Waals surface area contributed by atoms with E-state index in [-0.39, 0.29) is 0 Å². The molecule has 0 aliphatic carbocycles. The second-order valence-electron chi connectivity index (χ2n) is 16.8. The van der Waals surface area contributed by atoms with Crippen molar-refractivity contribution < 1.29 is 4.42 Å². The average molecular weight is 873 g/mol. The maximum atomic E-state index is 6.87. The second-order valence-corrected chi connectivity index (χ2v) is 16.8. The molecule has 0 saturated carbocycles. The third kappa shape index (κ3) is 7.58. The topological polar surface area (TPSA) is 35.8 Å². The molecule has 0 fully saturated rings. The Morgan fingerprint density at radius 2 is 0.676 bits per heavy atom. The molecule has 0 atom stereocenters. The van der Waals surface area contributed by atoms with Crippen molar-refractivity contribution in [2.45, 2.75) is 0 Å². The molecule has 0 aliphatic rings. The normalized spacial score (nSPS) is 11.2. The first-order valence-corrected chi connectivity index (χ1v) is 23.0. The van der Waals surface area contributed by atoms with E-state index in [9.17, 15) is 0 Å². The van der Waals surface area contributed by atoms with E-state index < -0.39 is 0 Å². The second kappa shape index (κ2) is 17.7. The lowest BCUT2D eigenvalue weighted by atomic mass is 10.00. The molecule has 322 valence electrons. The minimum atomic E-state index is 0.601. The molecule has 0 saturated heterocycles. The van der Waals surface area contributed by atoms with Gasteiger partial charge in [0.15, 0.2) is 5.58 Å². The predicted molar refractivity (Wildman–Crippen MR) is 284 cm³/mol. The lowest BCUT2D eigenvalue weighted by molar-refractivity contribution is 0.623. The number of benzene rings is 11. The van der Waals surface area contributed by atoms with Crippen molar-refractivity contribution >= 4 is 83.8 Å². The van der Waals surface area contributed by atoms with Crippen molar-refractivity contribution in [2.75, 3.05) is 14.7 Å². The summed E-state index contributed by atoms with van der Waals surface area (Å²) in [5, 5.41) is 4.34. The fraction of sp³-hybridized carbons (Fsp3) is 0. The smallest absolute Gasteiger partial charge is 0.227 e. The minimum Gasteiger partial charge on any atom is -0.435 e. The van der Waals surface area contributed by atoms with E-state index in [0.29, 0.717) is 5.89 Å². The van der Waals surface area contributed by atoms with E-state index in [0.717, 1.165) is 101 Å². The summed E-state index contributed by atoms with van der Waals surface area (Å²) in [5.41, 5.74) is 14.2. The van der Waals surface area contributed by atoms with Gasteiger partial charge < -0.3 is 19.1 Å². The Morgan fingerprint density at radius 3 is 1.19 bits per heavy atom. The first kappa shape index (κ1) is 40.3. The predicted octanol–water partition coefficient (Wildman–Crippen LogP) is 17.9. The molecule has 0 bridgehead atoms. The number of hydrogen-bond acceptors (Lipinski definition) is 5. The molecule has 0 amide bonds. The molecule has 0 radical (unpaired) electrons. The summed E-state index contributed by atoms with van der Waals surface area (Å²) in [4.78, 5) is 12.1. The largest absolute Gasteiger partial charge is 0.435 e. The first-order chi connectivity index (χ1) is 33.7. The van der Waals surface area contributed by atoms with Gasteiger partial charge in [0.1, 0.15) is 5.52 Å². The molecule has 5 heteroatoms. The molecule has 68 heavy (non-hydrogen) atoms. The Hall–Kier alpha value is -9.19. The number of anilines is 9. The van der Waals surface area contributed by atoms with Gasteiger partial charge in [-0.15, -0.1) is 0 Å². The van der Waals surface area contributed by atoms with Crippen LogP contribution >= 0.6 is 0 Å². The van der Waals surface area contributed by atoms with Gasteiger partial charge in [-0.1, -0.05) is 158 Å². The van der Waals surface area contributed by atoms with Crippen LogP contribution in [-0.4, -0.2) is 4.98 Å². The van der Waals surface area contributed by atoms with Crippen molar-refractivity contribution in [3.05, 3.63) is 267 Å². The summed E-state index contributed by atoms with van der Waals surface area (Å²) >= 11 is 0. The molecule has 12 rings (SSSR count). The van der Waals surface area contributed by atoms with E-state index in [1.165, 1.54) is 0 Å². The Kier molecular flexibility index (Phi) is 10.5. The van der Waals surface area contributed by atoms with Gasteiger partial charge in [0.05, 0.1) is 0 Å². The van der Waals surface area contributed by atoms with Crippen LogP contribution < -0.4 is 14.7 Å². The van der Waals surface area contributed by atoms with Crippen LogP contribution in [0, 0.1) is 0 Å². The molecule has 0 aliphatic heterocycles. The summed E-state index contributed by atoms with van der Waals surface area (Å²) < 4.78 is 6.87. The van der Waals surface area contributed by atoms with Crippen LogP contribution in [0.15, 0.2) is 271 Å². The van der Waals surface area contributed by atoms with Gasteiger partial charge >= 0.3 is 0 Å². The minimum absolute atomic E-state index is 0.601. The molecule has 0 unspecified atom stereocenters. The van der Waals surface area contributed by atoms with Crippen molar-refractivity contribution in [1.29, 1.82) is 0 Å². The van der Waals surface area contributed by atoms with Gasteiger partial charge in [-0.05, 0) is 136 Å². The Balaban J connectivity index is 0.996. The molecular formula is C63H44N4O. The van der Waals surface area contributed by atoms with Crippen LogP contribution in [-0.2, 0) is 0 Å². The number of rotatable bonds is 11. The van der Waals surface area contributed by atoms with Gasteiger partial charge in [-0.3, -0.25) is 0 Å². The third-order valence-corrected chi connectivity index (χ3v) is 12.6. The first-order valence-electron chi connectivity index (χ1n) is 23.0. The number of oxazole rings is 1. The molecule has 5 nitrogen and oxygen atoms in total. The highest BCUT2D eigenvalue weighted by Gasteiger charge is 2.21. The lowest BCUT2D eigenvalue weighted by Crippen LogP contribution is -2.14. The highest BCUT2D eigenvalue weighted by Crippen LogP contribution is 2.45. The Morgan fingerprint density at radius 1 is 0.294 bits per heavy atom. The monoisotopic (exact) mass is 872 g/mol. The van der Waals surface area contributed by atoms with Crippen LogP contribution in [0.3, 0.4) is 0 Å². The fourth-order valence-corrected chi connectivity index (χ4v) is 9.50. The van der Waals surface area contributed by atoms with E-state index >= 15 is 0 Å². The van der Waals surface area contributed by atoms with Crippen LogP contribution in [0.25, 0.3) is 55.2 Å². The molecular weight excluding hydrogens is 829 g/mol. The van der Waals surface area contributed by atoms with Gasteiger partial charge in [0.25, 0.3) is 0 Å². The number of aromatic nitrogens is 1. The third-order valence-electron chi connectivity index (χ3n) is 12.6. The van der Waals surface area contributed by atoms with E-state index in [1.54, 1.807) is 0 Å². The summed E-state index contributed by atoms with van der Waals surface area (Å²) in [6.07, 6.45) is 0. The SMILES string of the molecule is c1ccc(-c2ccccc2-c2nc3ccc4ccc5ccc(N(c6ccccc6)c6cccc(N(c7ccccc7)c7cccc(N(c8ccccc8)c8ccccc8)c7)c6)cc5c4c3o2)cc1. The standard InChI is InChI=1S/C63H44N4O/c1-6-20-45(21-7-1)57-34-16-17-35-58(57)63-64-60-41-39-47-37-36-46-38-40-56(44-59(46)61(47)62(60)68-63)67(51-28-14-5-15-29-51)55-33-19-32-54(43-55)66(50-26-12-4-13-27-50)53-31-18-30-52(42-53)65(48-22-8-2-9-23-48)49-24-10-3-11-25-49/h1-44H. The van der Waals surface area contributed by atoms with E-state index in [4.69, 9.17) is 9.40 Å². The van der Waals surface area contributed by atoms with Crippen molar-refractivity contribution in [3.63, 3.8) is 0 Å². The number of hydrogen-bond donors (Lipinski definition) is 0. The van der Waals surface area contributed by atoms with Crippen LogP contribution in [0.1, 0.15) is 0 Å². The number of para-hydroxylation sites is 4. The average Bonchev–Trinajstić information content (AvgIpc) is 3.85. The number of nitrogens with zero attached hydrogens (tertiary/aromatic N) is 4. The molecule has 11 aromatic carbocycles. The van der Waals surface area contributed by atoms with Gasteiger partial charge in [0, 0.05) is 62.1 Å². The van der Waals surface area contributed by atoms with Gasteiger partial charge in [0.2, 0.25) is 5.89 Å². The molecule has 0 spiro atoms. The summed E-state index contributed by atoms with van der Waals surface area (Å²) in [5.74, 6) is 0.601. The molecule has 1 aromatic heterocycles. The summed E-state index contributed by atoms with van der Waals surface area (Å²) in [6.45, 7) is 0. The quantitative estimate of drug-likeness (QED) is 0.121. The maximum absolute atomic E-state index is 6.87. The Bertz CT molecular complexity index is 3650. The van der Waals surface area contributed by atoms with Gasteiger partial charge in [-0.2, -0.15) is 0 Å². The van der Waals surface area contributed by atoms with Crippen LogP contribution in [0.2, 0.25) is 0 Å². The zero-order chi connectivity index (χ0) is 45.2. The zero-order valence-corrected chi connectivity index (χ0v) is 37.1. The van der Waals surface area contributed by atoms with Gasteiger partial charge in [-0.25, -0.2) is 4.98 Å². The van der Waals surface area contributed by atoms with Crippen LogP contribution in [0.5, 0.6) is 0 Å². The highest BCUT2D eigenvalue weighted by molar-refractivity contribution is 6.18. The zero-order valence-electron chi connectivity index (χ0n) is 37.1. The van der Waals surface area contributed by atoms with Crippen molar-refractivity contribution in [1.82, 2.24) is 4.98 Å². The van der Waals surface area contributed by atoms with Crippen LogP contribution in [0.4, 0.5) is 51.2 Å². The fourth-order valence-electron chi connectivity index (χ4n) is 9.50. The number of fused-ring (bicyclic) bond motifs is 5. The van der Waals surface area contributed by atoms with E-state index in [2.05, 4.69) is 269 Å². The van der Waals surface area contributed by atoms with Crippen molar-refractivity contribution in [2.24, 2.45) is 0 Å². The maximum Gasteiger partial charge on any atom is 0.227 e. The molecule has 1 heterocycles. The lowest BCUT2D eigenvalue weighted by Gasteiger charge is -2.31. The van der Waals surface area contributed by atoms with Crippen molar-refractivity contribution in [3.8, 4) is 22.6 Å². The highest BCUT2D eigenvalue weighted by atomic mass is 16.3. The molecule has 12 aromatic rings.